The number of aromatic nitrogens is 2. The van der Waals surface area contributed by atoms with Crippen molar-refractivity contribution in [3.05, 3.63) is 18.0 Å². The lowest BCUT2D eigenvalue weighted by Gasteiger charge is -2.15. The summed E-state index contributed by atoms with van der Waals surface area (Å²) in [4.78, 5) is 0. The zero-order valence-corrected chi connectivity index (χ0v) is 6.84. The summed E-state index contributed by atoms with van der Waals surface area (Å²) >= 11 is 0. The SMILES string of the molecule is C#Cc1cnn(C(C)C(F)(F)F)c1. The summed E-state index contributed by atoms with van der Waals surface area (Å²) in [6, 6.07) is -1.64. The molecule has 13 heavy (non-hydrogen) atoms. The third-order valence-corrected chi connectivity index (χ3v) is 1.64. The molecule has 0 N–H and O–H groups in total. The highest BCUT2D eigenvalue weighted by molar-refractivity contribution is 5.26. The summed E-state index contributed by atoms with van der Waals surface area (Å²) < 4.78 is 37.2. The third kappa shape index (κ3) is 2.02. The van der Waals surface area contributed by atoms with E-state index < -0.39 is 12.2 Å². The third-order valence-electron chi connectivity index (χ3n) is 1.64. The lowest BCUT2D eigenvalue weighted by molar-refractivity contribution is -0.165. The first kappa shape index (κ1) is 9.65. The number of hydrogen-bond acceptors (Lipinski definition) is 1. The van der Waals surface area contributed by atoms with E-state index in [-0.39, 0.29) is 0 Å². The van der Waals surface area contributed by atoms with Gasteiger partial charge >= 0.3 is 6.18 Å². The molecule has 70 valence electrons. The second-order valence-corrected chi connectivity index (χ2v) is 2.57. The van der Waals surface area contributed by atoms with E-state index in [1.807, 2.05) is 0 Å². The molecule has 1 rings (SSSR count). The van der Waals surface area contributed by atoms with Gasteiger partial charge in [0.05, 0.1) is 11.8 Å². The first-order valence-corrected chi connectivity index (χ1v) is 3.52. The van der Waals surface area contributed by atoms with E-state index in [4.69, 9.17) is 6.42 Å². The molecular weight excluding hydrogens is 181 g/mol. The van der Waals surface area contributed by atoms with Crippen molar-refractivity contribution in [3.8, 4) is 12.3 Å². The second kappa shape index (κ2) is 3.13. The highest BCUT2D eigenvalue weighted by Gasteiger charge is 2.37. The smallest absolute Gasteiger partial charge is 0.260 e. The Morgan fingerprint density at radius 3 is 2.62 bits per heavy atom. The highest BCUT2D eigenvalue weighted by atomic mass is 19.4. The quantitative estimate of drug-likeness (QED) is 0.616. The molecule has 1 aromatic heterocycles. The molecule has 0 spiro atoms. The van der Waals surface area contributed by atoms with E-state index in [1.165, 1.54) is 12.4 Å². The van der Waals surface area contributed by atoms with Crippen molar-refractivity contribution in [1.29, 1.82) is 0 Å². The van der Waals surface area contributed by atoms with Gasteiger partial charge in [0, 0.05) is 6.20 Å². The van der Waals surface area contributed by atoms with Gasteiger partial charge in [-0.15, -0.1) is 6.42 Å². The molecule has 0 saturated carbocycles. The highest BCUT2D eigenvalue weighted by Crippen LogP contribution is 2.29. The van der Waals surface area contributed by atoms with Crippen LogP contribution in [-0.4, -0.2) is 16.0 Å². The van der Waals surface area contributed by atoms with Crippen LogP contribution in [0.1, 0.15) is 18.5 Å². The van der Waals surface area contributed by atoms with Crippen LogP contribution >= 0.6 is 0 Å². The number of terminal acetylenes is 1. The Bertz CT molecular complexity index is 332. The first-order chi connectivity index (χ1) is 5.95. The molecular formula is C8H7F3N2. The van der Waals surface area contributed by atoms with Gasteiger partial charge in [-0.2, -0.15) is 18.3 Å². The van der Waals surface area contributed by atoms with Gasteiger partial charge < -0.3 is 0 Å². The number of alkyl halides is 3. The van der Waals surface area contributed by atoms with E-state index in [2.05, 4.69) is 11.0 Å². The van der Waals surface area contributed by atoms with Crippen LogP contribution in [0.15, 0.2) is 12.4 Å². The van der Waals surface area contributed by atoms with Crippen LogP contribution in [-0.2, 0) is 0 Å². The fourth-order valence-electron chi connectivity index (χ4n) is 0.774. The molecule has 1 aromatic rings. The summed E-state index contributed by atoms with van der Waals surface area (Å²) in [5, 5.41) is 3.51. The predicted molar refractivity (Wildman–Crippen MR) is 40.9 cm³/mol. The van der Waals surface area contributed by atoms with Gasteiger partial charge in [-0.1, -0.05) is 5.92 Å². The molecule has 0 bridgehead atoms. The average Bonchev–Trinajstić information content (AvgIpc) is 2.48. The standard InChI is InChI=1S/C8H7F3N2/c1-3-7-4-12-13(5-7)6(2)8(9,10)11/h1,4-6H,2H3. The number of nitrogens with zero attached hydrogens (tertiary/aromatic N) is 2. The molecule has 0 aliphatic rings. The topological polar surface area (TPSA) is 17.8 Å². The van der Waals surface area contributed by atoms with Gasteiger partial charge in [-0.25, -0.2) is 0 Å². The van der Waals surface area contributed by atoms with Crippen LogP contribution in [0.2, 0.25) is 0 Å². The summed E-state index contributed by atoms with van der Waals surface area (Å²) in [6.07, 6.45) is 3.11. The Labute approximate surface area is 73.4 Å². The Hall–Kier alpha value is -1.44. The first-order valence-electron chi connectivity index (χ1n) is 3.52. The van der Waals surface area contributed by atoms with Crippen LogP contribution in [0.4, 0.5) is 13.2 Å². The number of hydrogen-bond donors (Lipinski definition) is 0. The minimum absolute atomic E-state index is 0.344. The molecule has 5 heteroatoms. The summed E-state index contributed by atoms with van der Waals surface area (Å²) in [5.74, 6) is 2.20. The lowest BCUT2D eigenvalue weighted by Crippen LogP contribution is -2.23. The molecule has 0 radical (unpaired) electrons. The van der Waals surface area contributed by atoms with Crippen LogP contribution in [0, 0.1) is 12.3 Å². The van der Waals surface area contributed by atoms with E-state index >= 15 is 0 Å². The van der Waals surface area contributed by atoms with Gasteiger partial charge in [0.2, 0.25) is 0 Å². The lowest BCUT2D eigenvalue weighted by atomic mass is 10.3. The van der Waals surface area contributed by atoms with Crippen molar-refractivity contribution < 1.29 is 13.2 Å². The van der Waals surface area contributed by atoms with Crippen molar-refractivity contribution in [3.63, 3.8) is 0 Å². The average molecular weight is 188 g/mol. The van der Waals surface area contributed by atoms with Gasteiger partial charge in [0.25, 0.3) is 0 Å². The van der Waals surface area contributed by atoms with Crippen molar-refractivity contribution in [2.75, 3.05) is 0 Å². The fourth-order valence-corrected chi connectivity index (χ4v) is 0.774. The maximum Gasteiger partial charge on any atom is 0.410 e. The van der Waals surface area contributed by atoms with E-state index in [1.54, 1.807) is 0 Å². The van der Waals surface area contributed by atoms with Crippen LogP contribution in [0.3, 0.4) is 0 Å². The van der Waals surface area contributed by atoms with Gasteiger partial charge in [0.1, 0.15) is 6.04 Å². The zero-order valence-electron chi connectivity index (χ0n) is 6.84. The van der Waals surface area contributed by atoms with Crippen molar-refractivity contribution >= 4 is 0 Å². The molecule has 1 atom stereocenters. The Balaban J connectivity index is 2.91. The van der Waals surface area contributed by atoms with Gasteiger partial charge in [0.15, 0.2) is 0 Å². The number of halogens is 3. The maximum atomic E-state index is 12.1. The summed E-state index contributed by atoms with van der Waals surface area (Å²) in [5.41, 5.74) is 0.344. The summed E-state index contributed by atoms with van der Waals surface area (Å²) in [6.45, 7) is 1.02. The molecule has 0 aliphatic carbocycles. The zero-order chi connectivity index (χ0) is 10.1. The Kier molecular flexibility index (Phi) is 2.32. The molecule has 0 aliphatic heterocycles. The molecule has 1 unspecified atom stereocenters. The van der Waals surface area contributed by atoms with E-state index in [9.17, 15) is 13.2 Å². The maximum absolute atomic E-state index is 12.1. The van der Waals surface area contributed by atoms with Crippen molar-refractivity contribution in [2.24, 2.45) is 0 Å². The van der Waals surface area contributed by atoms with Crippen LogP contribution in [0.25, 0.3) is 0 Å². The van der Waals surface area contributed by atoms with Gasteiger partial charge in [-0.3, -0.25) is 4.68 Å². The Morgan fingerprint density at radius 2 is 2.23 bits per heavy atom. The molecule has 0 amide bonds. The molecule has 0 fully saturated rings. The monoisotopic (exact) mass is 188 g/mol. The van der Waals surface area contributed by atoms with E-state index in [0.29, 0.717) is 5.56 Å². The minimum Gasteiger partial charge on any atom is -0.260 e. The largest absolute Gasteiger partial charge is 0.410 e. The number of rotatable bonds is 1. The fraction of sp³-hybridized carbons (Fsp3) is 0.375. The molecule has 1 heterocycles. The normalized spacial score (nSPS) is 13.8. The van der Waals surface area contributed by atoms with Crippen molar-refractivity contribution in [2.45, 2.75) is 19.1 Å². The Morgan fingerprint density at radius 1 is 1.62 bits per heavy atom. The molecule has 0 saturated heterocycles. The van der Waals surface area contributed by atoms with Crippen LogP contribution < -0.4 is 0 Å². The molecule has 2 nitrogen and oxygen atoms in total. The van der Waals surface area contributed by atoms with E-state index in [0.717, 1.165) is 11.6 Å². The predicted octanol–water partition coefficient (Wildman–Crippen LogP) is 1.99. The van der Waals surface area contributed by atoms with Crippen molar-refractivity contribution in [1.82, 2.24) is 9.78 Å². The molecule has 0 aromatic carbocycles. The summed E-state index contributed by atoms with van der Waals surface area (Å²) in [7, 11) is 0. The van der Waals surface area contributed by atoms with Gasteiger partial charge in [-0.05, 0) is 6.92 Å². The van der Waals surface area contributed by atoms with Crippen LogP contribution in [0.5, 0.6) is 0 Å². The minimum atomic E-state index is -4.29. The second-order valence-electron chi connectivity index (χ2n) is 2.57.